The van der Waals surface area contributed by atoms with Gasteiger partial charge in [-0.25, -0.2) is 4.98 Å². The van der Waals surface area contributed by atoms with Gasteiger partial charge in [0.1, 0.15) is 0 Å². The molecule has 0 bridgehead atoms. The molecule has 4 heteroatoms. The SMILES string of the molecule is CC(C)NCc1cn(CC2CCCCO2)cn1. The molecule has 1 aliphatic heterocycles. The highest BCUT2D eigenvalue weighted by Gasteiger charge is 2.14. The van der Waals surface area contributed by atoms with Crippen molar-refractivity contribution in [3.05, 3.63) is 18.2 Å². The summed E-state index contributed by atoms with van der Waals surface area (Å²) >= 11 is 0. The molecule has 1 fully saturated rings. The van der Waals surface area contributed by atoms with Gasteiger partial charge in [0.15, 0.2) is 0 Å². The van der Waals surface area contributed by atoms with Crippen LogP contribution in [0.3, 0.4) is 0 Å². The van der Waals surface area contributed by atoms with Crippen LogP contribution in [0.5, 0.6) is 0 Å². The van der Waals surface area contributed by atoms with E-state index >= 15 is 0 Å². The Bertz CT molecular complexity index is 329. The number of hydrogen-bond acceptors (Lipinski definition) is 3. The van der Waals surface area contributed by atoms with Crippen molar-refractivity contribution in [1.29, 1.82) is 0 Å². The molecule has 0 radical (unpaired) electrons. The van der Waals surface area contributed by atoms with Crippen LogP contribution in [0.15, 0.2) is 12.5 Å². The fraction of sp³-hybridized carbons (Fsp3) is 0.769. The minimum absolute atomic E-state index is 0.379. The van der Waals surface area contributed by atoms with Crippen molar-refractivity contribution >= 4 is 0 Å². The van der Waals surface area contributed by atoms with Gasteiger partial charge in [-0.1, -0.05) is 13.8 Å². The second kappa shape index (κ2) is 6.17. The lowest BCUT2D eigenvalue weighted by Crippen LogP contribution is -2.24. The molecule has 1 unspecified atom stereocenters. The molecule has 4 nitrogen and oxygen atoms in total. The Labute approximate surface area is 103 Å². The van der Waals surface area contributed by atoms with Crippen LogP contribution in [-0.4, -0.2) is 28.3 Å². The third kappa shape index (κ3) is 4.13. The van der Waals surface area contributed by atoms with Crippen LogP contribution in [0.1, 0.15) is 38.8 Å². The summed E-state index contributed by atoms with van der Waals surface area (Å²) in [6.45, 7) is 6.99. The summed E-state index contributed by atoms with van der Waals surface area (Å²) in [6.07, 6.45) is 8.09. The van der Waals surface area contributed by atoms with Crippen LogP contribution in [-0.2, 0) is 17.8 Å². The lowest BCUT2D eigenvalue weighted by molar-refractivity contribution is 0.00596. The van der Waals surface area contributed by atoms with Gasteiger partial charge in [0.2, 0.25) is 0 Å². The van der Waals surface area contributed by atoms with Gasteiger partial charge in [-0.05, 0) is 19.3 Å². The summed E-state index contributed by atoms with van der Waals surface area (Å²) in [4.78, 5) is 4.40. The third-order valence-corrected chi connectivity index (χ3v) is 3.07. The highest BCUT2D eigenvalue weighted by Crippen LogP contribution is 2.14. The van der Waals surface area contributed by atoms with Crippen molar-refractivity contribution in [2.24, 2.45) is 0 Å². The van der Waals surface area contributed by atoms with Gasteiger partial charge >= 0.3 is 0 Å². The summed E-state index contributed by atoms with van der Waals surface area (Å²) in [6, 6.07) is 0.502. The quantitative estimate of drug-likeness (QED) is 0.850. The van der Waals surface area contributed by atoms with E-state index < -0.39 is 0 Å². The van der Waals surface area contributed by atoms with E-state index in [1.54, 1.807) is 0 Å². The molecule has 0 aliphatic carbocycles. The first kappa shape index (κ1) is 12.6. The maximum atomic E-state index is 5.73. The molecule has 1 saturated heterocycles. The number of aromatic nitrogens is 2. The van der Waals surface area contributed by atoms with E-state index in [0.717, 1.165) is 25.4 Å². The maximum absolute atomic E-state index is 5.73. The van der Waals surface area contributed by atoms with Crippen LogP contribution in [0.25, 0.3) is 0 Å². The molecule has 0 aromatic carbocycles. The van der Waals surface area contributed by atoms with Crippen molar-refractivity contribution in [2.75, 3.05) is 6.61 Å². The molecule has 1 aliphatic rings. The van der Waals surface area contributed by atoms with Gasteiger partial charge in [0.25, 0.3) is 0 Å². The highest BCUT2D eigenvalue weighted by molar-refractivity contribution is 4.96. The first-order valence-corrected chi connectivity index (χ1v) is 6.59. The number of nitrogens with one attached hydrogen (secondary N) is 1. The van der Waals surface area contributed by atoms with E-state index in [1.165, 1.54) is 19.3 Å². The van der Waals surface area contributed by atoms with Crippen LogP contribution in [0.4, 0.5) is 0 Å². The average molecular weight is 237 g/mol. The number of nitrogens with zero attached hydrogens (tertiary/aromatic N) is 2. The van der Waals surface area contributed by atoms with E-state index in [2.05, 4.69) is 34.9 Å². The maximum Gasteiger partial charge on any atom is 0.0950 e. The minimum atomic E-state index is 0.379. The molecule has 17 heavy (non-hydrogen) atoms. The lowest BCUT2D eigenvalue weighted by Gasteiger charge is -2.22. The fourth-order valence-electron chi connectivity index (χ4n) is 2.09. The zero-order chi connectivity index (χ0) is 12.1. The topological polar surface area (TPSA) is 39.1 Å². The first-order valence-electron chi connectivity index (χ1n) is 6.59. The number of ether oxygens (including phenoxy) is 1. The summed E-state index contributed by atoms with van der Waals surface area (Å²) in [5, 5.41) is 3.37. The smallest absolute Gasteiger partial charge is 0.0950 e. The van der Waals surface area contributed by atoms with Crippen molar-refractivity contribution in [1.82, 2.24) is 14.9 Å². The van der Waals surface area contributed by atoms with Gasteiger partial charge < -0.3 is 14.6 Å². The van der Waals surface area contributed by atoms with Gasteiger partial charge in [-0.3, -0.25) is 0 Å². The molecule has 0 amide bonds. The standard InChI is InChI=1S/C13H23N3O/c1-11(2)14-7-12-8-16(10-15-12)9-13-5-3-4-6-17-13/h8,10-11,13-14H,3-7,9H2,1-2H3. The second-order valence-corrected chi connectivity index (χ2v) is 5.09. The Morgan fingerprint density at radius 2 is 2.41 bits per heavy atom. The molecule has 1 aromatic heterocycles. The van der Waals surface area contributed by atoms with E-state index in [0.29, 0.717) is 12.1 Å². The summed E-state index contributed by atoms with van der Waals surface area (Å²) in [5.74, 6) is 0. The number of imidazole rings is 1. The summed E-state index contributed by atoms with van der Waals surface area (Å²) in [5.41, 5.74) is 1.11. The average Bonchev–Trinajstić information content (AvgIpc) is 2.75. The van der Waals surface area contributed by atoms with Gasteiger partial charge in [-0.15, -0.1) is 0 Å². The van der Waals surface area contributed by atoms with Crippen LogP contribution >= 0.6 is 0 Å². The molecule has 1 atom stereocenters. The molecular weight excluding hydrogens is 214 g/mol. The van der Waals surface area contributed by atoms with Crippen LogP contribution in [0, 0.1) is 0 Å². The van der Waals surface area contributed by atoms with Gasteiger partial charge in [0, 0.05) is 31.9 Å². The zero-order valence-electron chi connectivity index (χ0n) is 10.9. The van der Waals surface area contributed by atoms with Crippen molar-refractivity contribution in [2.45, 2.75) is 58.3 Å². The molecule has 2 heterocycles. The molecular formula is C13H23N3O. The van der Waals surface area contributed by atoms with E-state index in [9.17, 15) is 0 Å². The summed E-state index contributed by atoms with van der Waals surface area (Å²) < 4.78 is 7.87. The molecule has 0 saturated carbocycles. The Hall–Kier alpha value is -0.870. The third-order valence-electron chi connectivity index (χ3n) is 3.07. The predicted octanol–water partition coefficient (Wildman–Crippen LogP) is 1.95. The van der Waals surface area contributed by atoms with Gasteiger partial charge in [0.05, 0.1) is 18.1 Å². The predicted molar refractivity (Wildman–Crippen MR) is 67.8 cm³/mol. The Balaban J connectivity index is 1.80. The van der Waals surface area contributed by atoms with Crippen molar-refractivity contribution in [3.63, 3.8) is 0 Å². The minimum Gasteiger partial charge on any atom is -0.376 e. The molecule has 1 aromatic rings. The Morgan fingerprint density at radius 1 is 1.53 bits per heavy atom. The molecule has 0 spiro atoms. The van der Waals surface area contributed by atoms with Crippen LogP contribution in [0.2, 0.25) is 0 Å². The highest BCUT2D eigenvalue weighted by atomic mass is 16.5. The largest absolute Gasteiger partial charge is 0.376 e. The molecule has 1 N–H and O–H groups in total. The normalized spacial score (nSPS) is 21.0. The van der Waals surface area contributed by atoms with E-state index in [1.807, 2.05) is 6.33 Å². The molecule has 2 rings (SSSR count). The van der Waals surface area contributed by atoms with Crippen LogP contribution < -0.4 is 5.32 Å². The Morgan fingerprint density at radius 3 is 3.12 bits per heavy atom. The fourth-order valence-corrected chi connectivity index (χ4v) is 2.09. The lowest BCUT2D eigenvalue weighted by atomic mass is 10.1. The monoisotopic (exact) mass is 237 g/mol. The molecule has 96 valence electrons. The second-order valence-electron chi connectivity index (χ2n) is 5.09. The first-order chi connectivity index (χ1) is 8.24. The van der Waals surface area contributed by atoms with E-state index in [4.69, 9.17) is 4.74 Å². The van der Waals surface area contributed by atoms with Gasteiger partial charge in [-0.2, -0.15) is 0 Å². The number of rotatable bonds is 5. The zero-order valence-corrected chi connectivity index (χ0v) is 10.9. The Kier molecular flexibility index (Phi) is 4.57. The summed E-state index contributed by atoms with van der Waals surface area (Å²) in [7, 11) is 0. The van der Waals surface area contributed by atoms with Crippen molar-refractivity contribution in [3.8, 4) is 0 Å². The van der Waals surface area contributed by atoms with Crippen molar-refractivity contribution < 1.29 is 4.74 Å². The number of hydrogen-bond donors (Lipinski definition) is 1. The van der Waals surface area contributed by atoms with E-state index in [-0.39, 0.29) is 0 Å².